The van der Waals surface area contributed by atoms with Gasteiger partial charge in [-0.3, -0.25) is 0 Å². The highest BCUT2D eigenvalue weighted by Gasteiger charge is 2.29. The van der Waals surface area contributed by atoms with E-state index in [0.717, 1.165) is 44.5 Å². The second kappa shape index (κ2) is 9.09. The van der Waals surface area contributed by atoms with E-state index in [-0.39, 0.29) is 0 Å². The monoisotopic (exact) mass is 399 g/mol. The summed E-state index contributed by atoms with van der Waals surface area (Å²) in [6.45, 7) is 7.73. The number of thiocarbonyl (C=S) groups is 1. The van der Waals surface area contributed by atoms with Crippen molar-refractivity contribution in [2.75, 3.05) is 65.6 Å². The van der Waals surface area contributed by atoms with Crippen LogP contribution in [-0.4, -0.2) is 88.3 Å². The number of piperazine rings is 1. The smallest absolute Gasteiger partial charge is 0.243 e. The van der Waals surface area contributed by atoms with Crippen LogP contribution in [0.2, 0.25) is 0 Å². The highest BCUT2D eigenvalue weighted by Crippen LogP contribution is 2.17. The van der Waals surface area contributed by atoms with Gasteiger partial charge in [-0.1, -0.05) is 18.2 Å². The highest BCUT2D eigenvalue weighted by atomic mass is 32.2. The lowest BCUT2D eigenvalue weighted by atomic mass is 10.4. The second-order valence-electron chi connectivity index (χ2n) is 6.55. The van der Waals surface area contributed by atoms with E-state index >= 15 is 0 Å². The molecule has 0 unspecified atom stereocenters. The topological polar surface area (TPSA) is 66.3 Å². The fourth-order valence-corrected chi connectivity index (χ4v) is 4.97. The van der Waals surface area contributed by atoms with Gasteiger partial charge in [0.05, 0.1) is 31.2 Å². The lowest BCUT2D eigenvalue weighted by Crippen LogP contribution is -3.14. The molecular formula is C17H27N4O3S2+. The molecule has 0 atom stereocenters. The van der Waals surface area contributed by atoms with Crippen molar-refractivity contribution < 1.29 is 18.1 Å². The molecule has 3 rings (SSSR count). The molecule has 2 saturated heterocycles. The van der Waals surface area contributed by atoms with E-state index in [2.05, 4.69) is 10.2 Å². The Hall–Kier alpha value is -1.26. The van der Waals surface area contributed by atoms with Crippen LogP contribution in [-0.2, 0) is 14.8 Å². The molecule has 0 bridgehead atoms. The van der Waals surface area contributed by atoms with E-state index in [9.17, 15) is 8.42 Å². The first-order chi connectivity index (χ1) is 12.6. The molecule has 0 aliphatic carbocycles. The summed E-state index contributed by atoms with van der Waals surface area (Å²) in [5.41, 5.74) is 0. The van der Waals surface area contributed by atoms with Gasteiger partial charge in [-0.25, -0.2) is 8.42 Å². The van der Waals surface area contributed by atoms with E-state index in [4.69, 9.17) is 17.0 Å². The van der Waals surface area contributed by atoms with Gasteiger partial charge in [0, 0.05) is 26.2 Å². The van der Waals surface area contributed by atoms with Crippen molar-refractivity contribution in [2.45, 2.75) is 4.90 Å². The van der Waals surface area contributed by atoms with Crippen LogP contribution in [0.25, 0.3) is 0 Å². The van der Waals surface area contributed by atoms with Gasteiger partial charge < -0.3 is 19.9 Å². The maximum atomic E-state index is 12.7. The van der Waals surface area contributed by atoms with Crippen molar-refractivity contribution in [3.63, 3.8) is 0 Å². The summed E-state index contributed by atoms with van der Waals surface area (Å²) >= 11 is 5.48. The van der Waals surface area contributed by atoms with Crippen molar-refractivity contribution in [2.24, 2.45) is 0 Å². The summed E-state index contributed by atoms with van der Waals surface area (Å²) in [5.74, 6) is 0. The van der Waals surface area contributed by atoms with E-state index in [0.29, 0.717) is 31.1 Å². The number of hydrogen-bond acceptors (Lipinski definition) is 4. The first-order valence-corrected chi connectivity index (χ1v) is 10.9. The van der Waals surface area contributed by atoms with Crippen LogP contribution >= 0.6 is 12.2 Å². The predicted molar refractivity (Wildman–Crippen MR) is 104 cm³/mol. The quantitative estimate of drug-likeness (QED) is 0.606. The van der Waals surface area contributed by atoms with Crippen molar-refractivity contribution >= 4 is 27.4 Å². The van der Waals surface area contributed by atoms with Crippen molar-refractivity contribution in [1.29, 1.82) is 0 Å². The van der Waals surface area contributed by atoms with Gasteiger partial charge in [0.15, 0.2) is 5.11 Å². The number of rotatable bonds is 5. The summed E-state index contributed by atoms with van der Waals surface area (Å²) in [4.78, 5) is 3.94. The molecule has 0 radical (unpaired) electrons. The number of benzene rings is 1. The average molecular weight is 400 g/mol. The Balaban J connectivity index is 1.43. The Morgan fingerprint density at radius 3 is 2.42 bits per heavy atom. The van der Waals surface area contributed by atoms with Crippen molar-refractivity contribution in [3.05, 3.63) is 30.3 Å². The normalized spacial score (nSPS) is 20.1. The molecule has 2 N–H and O–H groups in total. The van der Waals surface area contributed by atoms with Gasteiger partial charge in [0.2, 0.25) is 10.0 Å². The number of morpholine rings is 1. The molecule has 0 amide bonds. The number of ether oxygens (including phenoxy) is 1. The third-order valence-corrected chi connectivity index (χ3v) is 7.18. The molecule has 2 heterocycles. The van der Waals surface area contributed by atoms with Crippen LogP contribution in [0, 0.1) is 0 Å². The Bertz CT molecular complexity index is 685. The van der Waals surface area contributed by atoms with Gasteiger partial charge in [-0.15, -0.1) is 0 Å². The van der Waals surface area contributed by atoms with Gasteiger partial charge in [0.1, 0.15) is 13.1 Å². The molecular weight excluding hydrogens is 372 g/mol. The minimum Gasteiger partial charge on any atom is -0.370 e. The molecule has 0 spiro atoms. The van der Waals surface area contributed by atoms with E-state index in [1.165, 1.54) is 4.90 Å². The molecule has 1 aromatic carbocycles. The van der Waals surface area contributed by atoms with Gasteiger partial charge in [-0.2, -0.15) is 4.31 Å². The first kappa shape index (κ1) is 19.5. The standard InChI is InChI=1S/C17H26N4O3S2/c22-26(23,16-4-2-1-3-5-16)21-10-8-20(9-11-21)17(25)18-6-7-19-12-14-24-15-13-19/h1-5H,6-15H2,(H,18,25)/p+1. The minimum atomic E-state index is -3.41. The maximum Gasteiger partial charge on any atom is 0.243 e. The van der Waals surface area contributed by atoms with Crippen LogP contribution in [0.4, 0.5) is 0 Å². The van der Waals surface area contributed by atoms with E-state index in [1.54, 1.807) is 28.6 Å². The zero-order chi connectivity index (χ0) is 18.4. The van der Waals surface area contributed by atoms with Gasteiger partial charge in [-0.05, 0) is 24.4 Å². The maximum absolute atomic E-state index is 12.7. The molecule has 0 aromatic heterocycles. The third-order valence-electron chi connectivity index (χ3n) is 4.86. The SMILES string of the molecule is O=S(=O)(c1ccccc1)N1CCN(C(=S)NCC[NH+]2CCOCC2)CC1. The molecule has 1 aromatic rings. The molecule has 0 saturated carbocycles. The van der Waals surface area contributed by atoms with Crippen LogP contribution in [0.5, 0.6) is 0 Å². The molecule has 7 nitrogen and oxygen atoms in total. The van der Waals surface area contributed by atoms with Crippen molar-refractivity contribution in [1.82, 2.24) is 14.5 Å². The second-order valence-corrected chi connectivity index (χ2v) is 8.87. The summed E-state index contributed by atoms with van der Waals surface area (Å²) in [6, 6.07) is 8.60. The Labute approximate surface area is 160 Å². The summed E-state index contributed by atoms with van der Waals surface area (Å²) in [7, 11) is -3.41. The van der Waals surface area contributed by atoms with Crippen molar-refractivity contribution in [3.8, 4) is 0 Å². The van der Waals surface area contributed by atoms with Crippen LogP contribution in [0.15, 0.2) is 35.2 Å². The molecule has 2 aliphatic heterocycles. The number of sulfonamides is 1. The van der Waals surface area contributed by atoms with E-state index in [1.807, 2.05) is 6.07 Å². The fourth-order valence-electron chi connectivity index (χ4n) is 3.24. The Morgan fingerprint density at radius 1 is 1.12 bits per heavy atom. The van der Waals surface area contributed by atoms with Gasteiger partial charge >= 0.3 is 0 Å². The summed E-state index contributed by atoms with van der Waals surface area (Å²) in [5, 5.41) is 4.03. The van der Waals surface area contributed by atoms with Crippen LogP contribution < -0.4 is 10.2 Å². The number of nitrogens with one attached hydrogen (secondary N) is 2. The van der Waals surface area contributed by atoms with Crippen LogP contribution in [0.1, 0.15) is 0 Å². The first-order valence-electron chi connectivity index (χ1n) is 9.06. The Kier molecular flexibility index (Phi) is 6.82. The largest absolute Gasteiger partial charge is 0.370 e. The molecule has 2 aliphatic rings. The lowest BCUT2D eigenvalue weighted by molar-refractivity contribution is -0.906. The molecule has 9 heteroatoms. The number of hydrogen-bond donors (Lipinski definition) is 2. The average Bonchev–Trinajstić information content (AvgIpc) is 2.69. The summed E-state index contributed by atoms with van der Waals surface area (Å²) < 4.78 is 32.2. The molecule has 26 heavy (non-hydrogen) atoms. The Morgan fingerprint density at radius 2 is 1.77 bits per heavy atom. The highest BCUT2D eigenvalue weighted by molar-refractivity contribution is 7.89. The fraction of sp³-hybridized carbons (Fsp3) is 0.588. The zero-order valence-corrected chi connectivity index (χ0v) is 16.5. The lowest BCUT2D eigenvalue weighted by Gasteiger charge is -2.35. The number of quaternary nitrogens is 1. The third kappa shape index (κ3) is 4.92. The van der Waals surface area contributed by atoms with E-state index < -0.39 is 10.0 Å². The zero-order valence-electron chi connectivity index (χ0n) is 14.9. The molecule has 144 valence electrons. The van der Waals surface area contributed by atoms with Crippen LogP contribution in [0.3, 0.4) is 0 Å². The number of nitrogens with zero attached hydrogens (tertiary/aromatic N) is 2. The predicted octanol–water partition coefficient (Wildman–Crippen LogP) is -1.22. The summed E-state index contributed by atoms with van der Waals surface area (Å²) in [6.07, 6.45) is 0. The minimum absolute atomic E-state index is 0.350. The molecule has 2 fully saturated rings. The van der Waals surface area contributed by atoms with Gasteiger partial charge in [0.25, 0.3) is 0 Å².